The summed E-state index contributed by atoms with van der Waals surface area (Å²) in [6.45, 7) is 4.06. The highest BCUT2D eigenvalue weighted by Gasteiger charge is 2.23. The summed E-state index contributed by atoms with van der Waals surface area (Å²) in [6.07, 6.45) is 4.51. The topological polar surface area (TPSA) is 63.2 Å². The van der Waals surface area contributed by atoms with Gasteiger partial charge in [0.25, 0.3) is 0 Å². The predicted molar refractivity (Wildman–Crippen MR) is 87.4 cm³/mol. The number of nitrogens with one attached hydrogen (secondary N) is 1. The molecule has 0 radical (unpaired) electrons. The van der Waals surface area contributed by atoms with Crippen molar-refractivity contribution < 1.29 is 13.2 Å². The fourth-order valence-corrected chi connectivity index (χ4v) is 4.14. The third-order valence-corrected chi connectivity index (χ3v) is 6.17. The lowest BCUT2D eigenvalue weighted by Crippen LogP contribution is -2.41. The van der Waals surface area contributed by atoms with Gasteiger partial charge in [0.2, 0.25) is 5.91 Å². The molecule has 0 unspecified atom stereocenters. The zero-order valence-corrected chi connectivity index (χ0v) is 14.2. The first-order valence-electron chi connectivity index (χ1n) is 7.97. The Labute approximate surface area is 133 Å². The third-order valence-electron chi connectivity index (χ3n) is 4.44. The molecule has 5 heteroatoms. The molecule has 0 saturated heterocycles. The van der Waals surface area contributed by atoms with Gasteiger partial charge in [0.05, 0.1) is 10.6 Å². The standard InChI is InChI=1S/C17H25NO3S/c1-13-7-9-15(10-8-13)22(20,21)12-11-17(19)18-16-6-4-3-5-14(16)2/h7-10,14,16H,3-6,11-12H2,1-2H3,(H,18,19)/t14-,16-/m1/s1. The average Bonchev–Trinajstić information content (AvgIpc) is 2.48. The number of rotatable bonds is 5. The zero-order valence-electron chi connectivity index (χ0n) is 13.3. The molecule has 122 valence electrons. The van der Waals surface area contributed by atoms with E-state index in [1.54, 1.807) is 24.3 Å². The number of hydrogen-bond acceptors (Lipinski definition) is 3. The number of carbonyl (C=O) groups excluding carboxylic acids is 1. The van der Waals surface area contributed by atoms with E-state index in [2.05, 4.69) is 12.2 Å². The quantitative estimate of drug-likeness (QED) is 0.906. The fraction of sp³-hybridized carbons (Fsp3) is 0.588. The van der Waals surface area contributed by atoms with Crippen LogP contribution in [0.4, 0.5) is 0 Å². The van der Waals surface area contributed by atoms with E-state index in [1.165, 1.54) is 6.42 Å². The summed E-state index contributed by atoms with van der Waals surface area (Å²) in [7, 11) is -3.39. The smallest absolute Gasteiger partial charge is 0.221 e. The first kappa shape index (κ1) is 17.0. The van der Waals surface area contributed by atoms with E-state index in [-0.39, 0.29) is 29.0 Å². The van der Waals surface area contributed by atoms with E-state index < -0.39 is 9.84 Å². The van der Waals surface area contributed by atoms with Crippen molar-refractivity contribution in [1.82, 2.24) is 5.32 Å². The summed E-state index contributed by atoms with van der Waals surface area (Å²) >= 11 is 0. The van der Waals surface area contributed by atoms with Gasteiger partial charge in [-0.25, -0.2) is 8.42 Å². The van der Waals surface area contributed by atoms with Crippen LogP contribution in [0.1, 0.15) is 44.6 Å². The number of amides is 1. The zero-order chi connectivity index (χ0) is 16.2. The first-order valence-corrected chi connectivity index (χ1v) is 9.62. The Kier molecular flexibility index (Phi) is 5.62. The van der Waals surface area contributed by atoms with Gasteiger partial charge in [-0.1, -0.05) is 37.5 Å². The molecule has 2 atom stereocenters. The lowest BCUT2D eigenvalue weighted by atomic mass is 9.86. The van der Waals surface area contributed by atoms with Gasteiger partial charge in [0, 0.05) is 12.5 Å². The first-order chi connectivity index (χ1) is 10.4. The Morgan fingerprint density at radius 3 is 2.45 bits per heavy atom. The second kappa shape index (κ2) is 7.27. The van der Waals surface area contributed by atoms with E-state index in [9.17, 15) is 13.2 Å². The second-order valence-corrected chi connectivity index (χ2v) is 8.43. The average molecular weight is 323 g/mol. The monoisotopic (exact) mass is 323 g/mol. The van der Waals surface area contributed by atoms with Crippen molar-refractivity contribution in [2.75, 3.05) is 5.75 Å². The predicted octanol–water partition coefficient (Wildman–Crippen LogP) is 2.85. The number of aryl methyl sites for hydroxylation is 1. The molecule has 0 spiro atoms. The highest BCUT2D eigenvalue weighted by molar-refractivity contribution is 7.91. The summed E-state index contributed by atoms with van der Waals surface area (Å²) in [5.41, 5.74) is 1.02. The molecule has 1 saturated carbocycles. The van der Waals surface area contributed by atoms with Crippen LogP contribution in [0.25, 0.3) is 0 Å². The van der Waals surface area contributed by atoms with Crippen LogP contribution in [0, 0.1) is 12.8 Å². The third kappa shape index (κ3) is 4.57. The molecule has 1 aliphatic rings. The van der Waals surface area contributed by atoms with Crippen molar-refractivity contribution in [1.29, 1.82) is 0 Å². The van der Waals surface area contributed by atoms with Crippen molar-refractivity contribution in [2.45, 2.75) is 56.9 Å². The van der Waals surface area contributed by atoms with Crippen LogP contribution in [0.3, 0.4) is 0 Å². The Hall–Kier alpha value is -1.36. The maximum absolute atomic E-state index is 12.2. The normalized spacial score (nSPS) is 22.3. The van der Waals surface area contributed by atoms with Crippen LogP contribution in [0.5, 0.6) is 0 Å². The van der Waals surface area contributed by atoms with E-state index in [4.69, 9.17) is 0 Å². The highest BCUT2D eigenvalue weighted by Crippen LogP contribution is 2.23. The van der Waals surface area contributed by atoms with Gasteiger partial charge in [0.15, 0.2) is 9.84 Å². The summed E-state index contributed by atoms with van der Waals surface area (Å²) in [6, 6.07) is 6.95. The van der Waals surface area contributed by atoms with Crippen LogP contribution in [0.2, 0.25) is 0 Å². The minimum atomic E-state index is -3.39. The summed E-state index contributed by atoms with van der Waals surface area (Å²) in [5.74, 6) is 0.184. The molecule has 1 amide bonds. The summed E-state index contributed by atoms with van der Waals surface area (Å²) in [4.78, 5) is 12.3. The molecule has 2 rings (SSSR count). The number of carbonyl (C=O) groups is 1. The molecule has 0 heterocycles. The van der Waals surface area contributed by atoms with Crippen LogP contribution in [0.15, 0.2) is 29.2 Å². The van der Waals surface area contributed by atoms with Gasteiger partial charge in [-0.05, 0) is 37.8 Å². The largest absolute Gasteiger partial charge is 0.353 e. The molecule has 1 aromatic rings. The van der Waals surface area contributed by atoms with E-state index >= 15 is 0 Å². The lowest BCUT2D eigenvalue weighted by molar-refractivity contribution is -0.122. The Bertz CT molecular complexity index is 607. The lowest BCUT2D eigenvalue weighted by Gasteiger charge is -2.29. The van der Waals surface area contributed by atoms with Crippen molar-refractivity contribution in [3.05, 3.63) is 29.8 Å². The van der Waals surface area contributed by atoms with Gasteiger partial charge in [0.1, 0.15) is 0 Å². The van der Waals surface area contributed by atoms with Gasteiger partial charge in [-0.15, -0.1) is 0 Å². The Morgan fingerprint density at radius 1 is 1.18 bits per heavy atom. The SMILES string of the molecule is Cc1ccc(S(=O)(=O)CCC(=O)N[C@@H]2CCCC[C@H]2C)cc1. The van der Waals surface area contributed by atoms with E-state index in [0.717, 1.165) is 24.8 Å². The van der Waals surface area contributed by atoms with Crippen molar-refractivity contribution in [2.24, 2.45) is 5.92 Å². The van der Waals surface area contributed by atoms with Crippen LogP contribution in [-0.2, 0) is 14.6 Å². The Morgan fingerprint density at radius 2 is 1.82 bits per heavy atom. The number of sulfone groups is 1. The molecular weight excluding hydrogens is 298 g/mol. The van der Waals surface area contributed by atoms with Gasteiger partial charge < -0.3 is 5.32 Å². The van der Waals surface area contributed by atoms with Crippen molar-refractivity contribution in [3.8, 4) is 0 Å². The summed E-state index contributed by atoms with van der Waals surface area (Å²) in [5, 5.41) is 3.00. The van der Waals surface area contributed by atoms with Gasteiger partial charge in [-0.3, -0.25) is 4.79 Å². The Balaban J connectivity index is 1.88. The maximum Gasteiger partial charge on any atom is 0.221 e. The molecule has 1 aliphatic carbocycles. The molecule has 4 nitrogen and oxygen atoms in total. The molecule has 1 aromatic carbocycles. The van der Waals surface area contributed by atoms with Gasteiger partial charge >= 0.3 is 0 Å². The molecule has 0 aromatic heterocycles. The highest BCUT2D eigenvalue weighted by atomic mass is 32.2. The van der Waals surface area contributed by atoms with Crippen LogP contribution < -0.4 is 5.32 Å². The van der Waals surface area contributed by atoms with Crippen LogP contribution in [-0.4, -0.2) is 26.1 Å². The molecule has 0 aliphatic heterocycles. The molecule has 1 fully saturated rings. The molecular formula is C17H25NO3S. The molecule has 0 bridgehead atoms. The molecule has 1 N–H and O–H groups in total. The number of hydrogen-bond donors (Lipinski definition) is 1. The van der Waals surface area contributed by atoms with Gasteiger partial charge in [-0.2, -0.15) is 0 Å². The number of benzene rings is 1. The minimum Gasteiger partial charge on any atom is -0.353 e. The summed E-state index contributed by atoms with van der Waals surface area (Å²) < 4.78 is 24.4. The fourth-order valence-electron chi connectivity index (χ4n) is 2.90. The van der Waals surface area contributed by atoms with E-state index in [0.29, 0.717) is 5.92 Å². The van der Waals surface area contributed by atoms with Crippen molar-refractivity contribution in [3.63, 3.8) is 0 Å². The van der Waals surface area contributed by atoms with Crippen LogP contribution >= 0.6 is 0 Å². The second-order valence-electron chi connectivity index (χ2n) is 6.32. The molecule has 22 heavy (non-hydrogen) atoms. The maximum atomic E-state index is 12.2. The van der Waals surface area contributed by atoms with E-state index in [1.807, 2.05) is 6.92 Å². The minimum absolute atomic E-state index is 0.0272. The van der Waals surface area contributed by atoms with Crippen molar-refractivity contribution >= 4 is 15.7 Å².